The number of aryl methyl sites for hydroxylation is 1. The van der Waals surface area contributed by atoms with Crippen LogP contribution in [0.25, 0.3) is 37.8 Å². The lowest BCUT2D eigenvalue weighted by molar-refractivity contribution is -0.665. The largest absolute Gasteiger partial charge is 0.335 e. The molecule has 0 spiro atoms. The first kappa shape index (κ1) is 18.9. The van der Waals surface area contributed by atoms with Gasteiger partial charge in [-0.2, -0.15) is 4.57 Å². The molecular formula is C27H23N2S2+. The van der Waals surface area contributed by atoms with Gasteiger partial charge in [-0.1, -0.05) is 71.6 Å². The van der Waals surface area contributed by atoms with Gasteiger partial charge >= 0.3 is 0 Å². The van der Waals surface area contributed by atoms with Gasteiger partial charge in [-0.15, -0.1) is 0 Å². The van der Waals surface area contributed by atoms with E-state index in [9.17, 15) is 0 Å². The molecular weight excluding hydrogens is 416 g/mol. The van der Waals surface area contributed by atoms with Crippen LogP contribution in [0.15, 0.2) is 82.7 Å². The summed E-state index contributed by atoms with van der Waals surface area (Å²) in [5.41, 5.74) is 2.65. The minimum Gasteiger partial charge on any atom is -0.335 e. The van der Waals surface area contributed by atoms with E-state index in [2.05, 4.69) is 102 Å². The quantitative estimate of drug-likeness (QED) is 0.270. The van der Waals surface area contributed by atoms with E-state index in [1.54, 1.807) is 0 Å². The minimum absolute atomic E-state index is 0.963. The predicted octanol–water partition coefficient (Wildman–Crippen LogP) is 7.45. The first-order valence-electron chi connectivity index (χ1n) is 10.8. The number of hydrogen-bond donors (Lipinski definition) is 0. The maximum atomic E-state index is 2.45. The van der Waals surface area contributed by atoms with E-state index in [-0.39, 0.29) is 0 Å². The molecule has 1 aliphatic rings. The number of hydrogen-bond acceptors (Lipinski definition) is 3. The molecule has 0 atom stereocenters. The Kier molecular flexibility index (Phi) is 4.51. The highest BCUT2D eigenvalue weighted by Gasteiger charge is 2.27. The zero-order valence-electron chi connectivity index (χ0n) is 17.6. The second-order valence-electron chi connectivity index (χ2n) is 7.85. The fourth-order valence-corrected chi connectivity index (χ4v) is 7.01. The van der Waals surface area contributed by atoms with Crippen LogP contribution in [0.1, 0.15) is 18.9 Å². The molecule has 5 aromatic rings. The van der Waals surface area contributed by atoms with Crippen molar-refractivity contribution >= 4 is 66.6 Å². The maximum absolute atomic E-state index is 2.45. The second-order valence-corrected chi connectivity index (χ2v) is 9.97. The van der Waals surface area contributed by atoms with Crippen LogP contribution in [0, 0.1) is 0 Å². The van der Waals surface area contributed by atoms with Crippen molar-refractivity contribution in [1.82, 2.24) is 0 Å². The molecule has 2 nitrogen and oxygen atoms in total. The number of anilines is 1. The van der Waals surface area contributed by atoms with Crippen molar-refractivity contribution in [2.24, 2.45) is 0 Å². The van der Waals surface area contributed by atoms with Crippen molar-refractivity contribution in [2.45, 2.75) is 25.3 Å². The highest BCUT2D eigenvalue weighted by molar-refractivity contribution is 8.04. The number of rotatable bonds is 3. The van der Waals surface area contributed by atoms with Crippen LogP contribution in [0.4, 0.5) is 5.69 Å². The van der Waals surface area contributed by atoms with Crippen molar-refractivity contribution in [3.63, 3.8) is 0 Å². The Bertz CT molecular complexity index is 1500. The minimum atomic E-state index is 0.963. The lowest BCUT2D eigenvalue weighted by Gasteiger charge is -2.17. The van der Waals surface area contributed by atoms with Crippen LogP contribution >= 0.6 is 23.1 Å². The summed E-state index contributed by atoms with van der Waals surface area (Å²) in [5.74, 6) is 0. The summed E-state index contributed by atoms with van der Waals surface area (Å²) in [6.07, 6.45) is 2.39. The zero-order valence-corrected chi connectivity index (χ0v) is 19.3. The molecule has 0 amide bonds. The Labute approximate surface area is 190 Å². The number of thioether (sulfide) groups is 1. The average Bonchev–Trinajstić information content (AvgIpc) is 3.31. The van der Waals surface area contributed by atoms with E-state index in [0.717, 1.165) is 13.1 Å². The molecule has 152 valence electrons. The zero-order chi connectivity index (χ0) is 20.9. The summed E-state index contributed by atoms with van der Waals surface area (Å²) in [6.45, 7) is 6.41. The van der Waals surface area contributed by atoms with E-state index in [0.29, 0.717) is 0 Å². The SMILES string of the molecule is CCN1C(=Cc2sc3cc4ccccc4cc3[n+]2CC)Sc2cc3ccccc3cc21. The molecule has 0 N–H and O–H groups in total. The Morgan fingerprint density at radius 1 is 0.839 bits per heavy atom. The van der Waals surface area contributed by atoms with E-state index >= 15 is 0 Å². The molecule has 0 aliphatic carbocycles. The van der Waals surface area contributed by atoms with E-state index < -0.39 is 0 Å². The van der Waals surface area contributed by atoms with Crippen LogP contribution in [-0.4, -0.2) is 6.54 Å². The van der Waals surface area contributed by atoms with Gasteiger partial charge in [-0.25, -0.2) is 0 Å². The Balaban J connectivity index is 1.50. The molecule has 6 rings (SSSR count). The van der Waals surface area contributed by atoms with Crippen LogP contribution < -0.4 is 9.47 Å². The predicted molar refractivity (Wildman–Crippen MR) is 136 cm³/mol. The van der Waals surface area contributed by atoms with Crippen molar-refractivity contribution in [2.75, 3.05) is 11.4 Å². The van der Waals surface area contributed by atoms with Gasteiger partial charge in [-0.05, 0) is 53.6 Å². The standard InChI is InChI=1S/C27H23N2S2/c1-3-28-22-13-18-9-5-7-11-20(18)15-24(22)30-26(28)17-27-29(4-2)23-14-19-10-6-8-12-21(19)16-25(23)31-27/h5-17H,3-4H2,1-2H3/q+1. The molecule has 0 saturated carbocycles. The van der Waals surface area contributed by atoms with Gasteiger partial charge in [0.2, 0.25) is 5.52 Å². The normalized spacial score (nSPS) is 14.9. The Morgan fingerprint density at radius 3 is 2.16 bits per heavy atom. The summed E-state index contributed by atoms with van der Waals surface area (Å²) in [5, 5.41) is 7.85. The number of fused-ring (bicyclic) bond motifs is 4. The van der Waals surface area contributed by atoms with Gasteiger partial charge in [0.05, 0.1) is 16.8 Å². The van der Waals surface area contributed by atoms with Gasteiger partial charge in [0.25, 0.3) is 5.01 Å². The Hall–Kier alpha value is -2.82. The van der Waals surface area contributed by atoms with E-state index in [1.165, 1.54) is 52.4 Å². The highest BCUT2D eigenvalue weighted by atomic mass is 32.2. The van der Waals surface area contributed by atoms with E-state index in [4.69, 9.17) is 0 Å². The molecule has 0 radical (unpaired) electrons. The molecule has 4 aromatic carbocycles. The number of nitrogens with zero attached hydrogens (tertiary/aromatic N) is 2. The summed E-state index contributed by atoms with van der Waals surface area (Å²) in [6, 6.07) is 26.7. The summed E-state index contributed by atoms with van der Waals surface area (Å²) in [4.78, 5) is 3.80. The topological polar surface area (TPSA) is 7.12 Å². The fraction of sp³-hybridized carbons (Fsp3) is 0.148. The summed E-state index contributed by atoms with van der Waals surface area (Å²) in [7, 11) is 0. The molecule has 4 heteroatoms. The number of thiazole rings is 1. The van der Waals surface area contributed by atoms with Crippen LogP contribution in [0.3, 0.4) is 0 Å². The first-order chi connectivity index (χ1) is 15.2. The highest BCUT2D eigenvalue weighted by Crippen LogP contribution is 2.48. The van der Waals surface area contributed by atoms with Crippen LogP contribution in [0.2, 0.25) is 0 Å². The van der Waals surface area contributed by atoms with Crippen LogP contribution in [0.5, 0.6) is 0 Å². The third kappa shape index (κ3) is 3.05. The molecule has 0 bridgehead atoms. The Morgan fingerprint density at radius 2 is 1.48 bits per heavy atom. The number of benzene rings is 4. The van der Waals surface area contributed by atoms with E-state index in [1.807, 2.05) is 23.1 Å². The third-order valence-corrected chi connectivity index (χ3v) is 8.27. The summed E-state index contributed by atoms with van der Waals surface area (Å²) >= 11 is 3.78. The monoisotopic (exact) mass is 439 g/mol. The smallest absolute Gasteiger partial charge is 0.265 e. The summed E-state index contributed by atoms with van der Waals surface area (Å²) < 4.78 is 3.80. The van der Waals surface area contributed by atoms with Crippen molar-refractivity contribution in [3.8, 4) is 0 Å². The molecule has 2 heterocycles. The molecule has 0 fully saturated rings. The lowest BCUT2D eigenvalue weighted by atomic mass is 10.1. The molecule has 0 saturated heterocycles. The van der Waals surface area contributed by atoms with Crippen molar-refractivity contribution in [3.05, 3.63) is 82.8 Å². The van der Waals surface area contributed by atoms with Crippen molar-refractivity contribution in [1.29, 1.82) is 0 Å². The van der Waals surface area contributed by atoms with Gasteiger partial charge in [0.15, 0.2) is 0 Å². The van der Waals surface area contributed by atoms with Gasteiger partial charge in [0.1, 0.15) is 11.2 Å². The molecule has 1 aliphatic heterocycles. The fourth-order valence-electron chi connectivity index (χ4n) is 4.55. The van der Waals surface area contributed by atoms with Crippen molar-refractivity contribution < 1.29 is 4.57 Å². The van der Waals surface area contributed by atoms with Gasteiger partial charge in [0, 0.05) is 17.5 Å². The molecule has 1 aromatic heterocycles. The third-order valence-electron chi connectivity index (χ3n) is 6.08. The number of aromatic nitrogens is 1. The lowest BCUT2D eigenvalue weighted by Crippen LogP contribution is -2.33. The molecule has 0 unspecified atom stereocenters. The van der Waals surface area contributed by atoms with Crippen LogP contribution in [-0.2, 0) is 6.54 Å². The van der Waals surface area contributed by atoms with Gasteiger partial charge < -0.3 is 4.90 Å². The first-order valence-corrected chi connectivity index (χ1v) is 12.4. The average molecular weight is 440 g/mol. The second kappa shape index (κ2) is 7.40. The van der Waals surface area contributed by atoms with Gasteiger partial charge in [-0.3, -0.25) is 0 Å². The molecule has 31 heavy (non-hydrogen) atoms. The maximum Gasteiger partial charge on any atom is 0.265 e.